The molecule has 136 valence electrons. The van der Waals surface area contributed by atoms with Crippen LogP contribution >= 0.6 is 0 Å². The van der Waals surface area contributed by atoms with E-state index in [0.29, 0.717) is 12.4 Å². The van der Waals surface area contributed by atoms with Gasteiger partial charge in [0.05, 0.1) is 12.7 Å². The maximum absolute atomic E-state index is 13.4. The molecule has 3 N–H and O–H groups in total. The Hall–Kier alpha value is -1.86. The number of hydrogen-bond acceptors (Lipinski definition) is 5. The van der Waals surface area contributed by atoms with Crippen LogP contribution in [0.5, 0.6) is 5.75 Å². The molecule has 1 amide bonds. The Morgan fingerprint density at radius 2 is 2.00 bits per heavy atom. The smallest absolute Gasteiger partial charge is 0.407 e. The van der Waals surface area contributed by atoms with Gasteiger partial charge in [0, 0.05) is 12.1 Å². The van der Waals surface area contributed by atoms with Gasteiger partial charge in [0.15, 0.2) is 0 Å². The number of alkyl carbamates (subject to hydrolysis) is 1. The zero-order valence-electron chi connectivity index (χ0n) is 14.5. The highest BCUT2D eigenvalue weighted by Crippen LogP contribution is 2.29. The SMILES string of the molecule is CCOc1ccc(F)cc1C(O)C(O)CCNC(=O)OC(C)(C)C. The van der Waals surface area contributed by atoms with Crippen molar-refractivity contribution < 1.29 is 28.9 Å². The van der Waals surface area contributed by atoms with Gasteiger partial charge < -0.3 is 25.0 Å². The van der Waals surface area contributed by atoms with Gasteiger partial charge in [-0.15, -0.1) is 0 Å². The highest BCUT2D eigenvalue weighted by Gasteiger charge is 2.23. The molecular weight excluding hydrogens is 317 g/mol. The van der Waals surface area contributed by atoms with Gasteiger partial charge in [-0.1, -0.05) is 0 Å². The van der Waals surface area contributed by atoms with Gasteiger partial charge in [0.1, 0.15) is 23.3 Å². The Morgan fingerprint density at radius 1 is 1.33 bits per heavy atom. The van der Waals surface area contributed by atoms with Gasteiger partial charge in [0.2, 0.25) is 0 Å². The topological polar surface area (TPSA) is 88.0 Å². The third kappa shape index (κ3) is 6.72. The van der Waals surface area contributed by atoms with Crippen LogP contribution in [0, 0.1) is 5.82 Å². The first-order chi connectivity index (χ1) is 11.1. The Bertz CT molecular complexity index is 544. The van der Waals surface area contributed by atoms with Crippen molar-refractivity contribution in [3.63, 3.8) is 0 Å². The van der Waals surface area contributed by atoms with E-state index in [1.807, 2.05) is 0 Å². The second-order valence-electron chi connectivity index (χ2n) is 6.34. The lowest BCUT2D eigenvalue weighted by atomic mass is 10.0. The molecule has 0 saturated heterocycles. The summed E-state index contributed by atoms with van der Waals surface area (Å²) in [7, 11) is 0. The number of amides is 1. The monoisotopic (exact) mass is 343 g/mol. The summed E-state index contributed by atoms with van der Waals surface area (Å²) >= 11 is 0. The average molecular weight is 343 g/mol. The highest BCUT2D eigenvalue weighted by atomic mass is 19.1. The fraction of sp³-hybridized carbons (Fsp3) is 0.588. The largest absolute Gasteiger partial charge is 0.493 e. The molecule has 0 aliphatic carbocycles. The molecular formula is C17H26FNO5. The average Bonchev–Trinajstić information content (AvgIpc) is 2.46. The summed E-state index contributed by atoms with van der Waals surface area (Å²) < 4.78 is 23.8. The molecule has 0 fully saturated rings. The van der Waals surface area contributed by atoms with Crippen molar-refractivity contribution in [2.75, 3.05) is 13.2 Å². The number of carbonyl (C=O) groups is 1. The molecule has 2 unspecified atom stereocenters. The number of benzene rings is 1. The number of carbonyl (C=O) groups excluding carboxylic acids is 1. The normalized spacial score (nSPS) is 14.0. The molecule has 0 heterocycles. The van der Waals surface area contributed by atoms with Crippen molar-refractivity contribution >= 4 is 6.09 Å². The van der Waals surface area contributed by atoms with E-state index in [4.69, 9.17) is 9.47 Å². The van der Waals surface area contributed by atoms with Crippen LogP contribution in [0.15, 0.2) is 18.2 Å². The first-order valence-electron chi connectivity index (χ1n) is 7.89. The van der Waals surface area contributed by atoms with Gasteiger partial charge in [-0.25, -0.2) is 9.18 Å². The number of rotatable bonds is 7. The molecule has 0 saturated carbocycles. The van der Waals surface area contributed by atoms with E-state index >= 15 is 0 Å². The van der Waals surface area contributed by atoms with E-state index in [9.17, 15) is 19.4 Å². The van der Waals surface area contributed by atoms with E-state index < -0.39 is 29.7 Å². The van der Waals surface area contributed by atoms with E-state index in [2.05, 4.69) is 5.32 Å². The van der Waals surface area contributed by atoms with Crippen molar-refractivity contribution in [1.29, 1.82) is 0 Å². The second kappa shape index (κ2) is 8.84. The van der Waals surface area contributed by atoms with Crippen molar-refractivity contribution in [2.45, 2.75) is 51.9 Å². The molecule has 1 aromatic carbocycles. The van der Waals surface area contributed by atoms with Crippen LogP contribution in [0.25, 0.3) is 0 Å². The van der Waals surface area contributed by atoms with Crippen LogP contribution in [0.2, 0.25) is 0 Å². The second-order valence-corrected chi connectivity index (χ2v) is 6.34. The third-order valence-corrected chi connectivity index (χ3v) is 3.06. The van der Waals surface area contributed by atoms with Gasteiger partial charge in [-0.05, 0) is 52.3 Å². The molecule has 0 aromatic heterocycles. The number of halogens is 1. The fourth-order valence-electron chi connectivity index (χ4n) is 2.04. The molecule has 6 nitrogen and oxygen atoms in total. The van der Waals surface area contributed by atoms with Crippen LogP contribution in [0.1, 0.15) is 45.8 Å². The maximum Gasteiger partial charge on any atom is 0.407 e. The zero-order chi connectivity index (χ0) is 18.3. The first-order valence-corrected chi connectivity index (χ1v) is 7.89. The van der Waals surface area contributed by atoms with Crippen LogP contribution in [0.4, 0.5) is 9.18 Å². The summed E-state index contributed by atoms with van der Waals surface area (Å²) in [5.41, 5.74) is -0.447. The summed E-state index contributed by atoms with van der Waals surface area (Å²) in [6.45, 7) is 7.44. The molecule has 0 bridgehead atoms. The molecule has 0 radical (unpaired) electrons. The summed E-state index contributed by atoms with van der Waals surface area (Å²) in [5.74, 6) is -0.225. The predicted molar refractivity (Wildman–Crippen MR) is 87.4 cm³/mol. The maximum atomic E-state index is 13.4. The van der Waals surface area contributed by atoms with E-state index in [1.54, 1.807) is 27.7 Å². The fourth-order valence-corrected chi connectivity index (χ4v) is 2.04. The van der Waals surface area contributed by atoms with E-state index in [0.717, 1.165) is 6.07 Å². The number of aliphatic hydroxyl groups excluding tert-OH is 2. The number of hydrogen-bond donors (Lipinski definition) is 3. The summed E-state index contributed by atoms with van der Waals surface area (Å²) in [6.07, 6.45) is -3.06. The Labute approximate surface area is 141 Å². The lowest BCUT2D eigenvalue weighted by Gasteiger charge is -2.22. The van der Waals surface area contributed by atoms with Crippen LogP contribution in [-0.4, -0.2) is 41.2 Å². The Kier molecular flexibility index (Phi) is 7.44. The van der Waals surface area contributed by atoms with Crippen molar-refractivity contribution in [2.24, 2.45) is 0 Å². The lowest BCUT2D eigenvalue weighted by Crippen LogP contribution is -2.34. The molecule has 0 aliphatic rings. The third-order valence-electron chi connectivity index (χ3n) is 3.06. The van der Waals surface area contributed by atoms with E-state index in [1.165, 1.54) is 12.1 Å². The summed E-state index contributed by atoms with van der Waals surface area (Å²) in [5, 5.41) is 22.8. The number of ether oxygens (including phenoxy) is 2. The first kappa shape index (κ1) is 20.2. The molecule has 1 aromatic rings. The predicted octanol–water partition coefficient (Wildman–Crippen LogP) is 2.53. The minimum atomic E-state index is -1.33. The standard InChI is InChI=1S/C17H26FNO5/c1-5-23-14-7-6-11(18)10-12(14)15(21)13(20)8-9-19-16(22)24-17(2,3)4/h6-7,10,13,15,20-21H,5,8-9H2,1-4H3,(H,19,22). The van der Waals surface area contributed by atoms with Crippen LogP contribution in [-0.2, 0) is 4.74 Å². The van der Waals surface area contributed by atoms with Crippen molar-refractivity contribution in [3.05, 3.63) is 29.6 Å². The van der Waals surface area contributed by atoms with Crippen LogP contribution in [0.3, 0.4) is 0 Å². The van der Waals surface area contributed by atoms with Gasteiger partial charge in [0.25, 0.3) is 0 Å². The van der Waals surface area contributed by atoms with Crippen LogP contribution < -0.4 is 10.1 Å². The number of aliphatic hydroxyl groups is 2. The quantitative estimate of drug-likeness (QED) is 0.708. The van der Waals surface area contributed by atoms with Gasteiger partial charge in [-0.2, -0.15) is 0 Å². The minimum Gasteiger partial charge on any atom is -0.493 e. The molecule has 0 aliphatic heterocycles. The zero-order valence-corrected chi connectivity index (χ0v) is 14.5. The lowest BCUT2D eigenvalue weighted by molar-refractivity contribution is 0.0106. The Morgan fingerprint density at radius 3 is 2.58 bits per heavy atom. The molecule has 24 heavy (non-hydrogen) atoms. The minimum absolute atomic E-state index is 0.0719. The van der Waals surface area contributed by atoms with Gasteiger partial charge in [-0.3, -0.25) is 0 Å². The van der Waals surface area contributed by atoms with Crippen molar-refractivity contribution in [3.8, 4) is 5.75 Å². The highest BCUT2D eigenvalue weighted by molar-refractivity contribution is 5.67. The Balaban J connectivity index is 2.60. The van der Waals surface area contributed by atoms with Crippen molar-refractivity contribution in [1.82, 2.24) is 5.32 Å². The molecule has 0 spiro atoms. The number of nitrogens with one attached hydrogen (secondary N) is 1. The summed E-state index contributed by atoms with van der Waals surface area (Å²) in [6, 6.07) is 3.75. The van der Waals surface area contributed by atoms with E-state index in [-0.39, 0.29) is 18.5 Å². The summed E-state index contributed by atoms with van der Waals surface area (Å²) in [4.78, 5) is 11.5. The molecule has 7 heteroatoms. The van der Waals surface area contributed by atoms with Gasteiger partial charge >= 0.3 is 6.09 Å². The molecule has 1 rings (SSSR count). The molecule has 2 atom stereocenters.